The van der Waals surface area contributed by atoms with Crippen molar-refractivity contribution < 1.29 is 4.74 Å². The van der Waals surface area contributed by atoms with E-state index in [1.165, 1.54) is 5.56 Å². The van der Waals surface area contributed by atoms with Crippen LogP contribution in [0.3, 0.4) is 0 Å². The van der Waals surface area contributed by atoms with E-state index >= 15 is 0 Å². The summed E-state index contributed by atoms with van der Waals surface area (Å²) in [6, 6.07) is 10.3. The van der Waals surface area contributed by atoms with Crippen LogP contribution >= 0.6 is 0 Å². The highest BCUT2D eigenvalue weighted by atomic mass is 16.5. The minimum atomic E-state index is 0.125. The molecule has 1 aliphatic rings. The van der Waals surface area contributed by atoms with Gasteiger partial charge in [-0.1, -0.05) is 18.2 Å². The molecule has 4 nitrogen and oxygen atoms in total. The largest absolute Gasteiger partial charge is 0.381 e. The summed E-state index contributed by atoms with van der Waals surface area (Å²) in [6.45, 7) is 1.59. The predicted molar refractivity (Wildman–Crippen MR) is 70.7 cm³/mol. The molecule has 94 valence electrons. The molecule has 3 N–H and O–H groups in total. The summed E-state index contributed by atoms with van der Waals surface area (Å²) in [4.78, 5) is 4.39. The molecule has 2 heterocycles. The number of para-hydroxylation sites is 1. The number of pyridine rings is 1. The zero-order chi connectivity index (χ0) is 12.4. The Balaban J connectivity index is 2.06. The van der Waals surface area contributed by atoms with Crippen molar-refractivity contribution in [2.45, 2.75) is 12.5 Å². The molecular weight excluding hydrogens is 226 g/mol. The van der Waals surface area contributed by atoms with Crippen molar-refractivity contribution in [1.82, 2.24) is 10.4 Å². The van der Waals surface area contributed by atoms with Gasteiger partial charge < -0.3 is 4.74 Å². The lowest BCUT2D eigenvalue weighted by molar-refractivity contribution is 0.177. The minimum absolute atomic E-state index is 0.125. The van der Waals surface area contributed by atoms with Gasteiger partial charge >= 0.3 is 0 Å². The van der Waals surface area contributed by atoms with E-state index in [0.717, 1.165) is 30.5 Å². The summed E-state index contributed by atoms with van der Waals surface area (Å²) in [6.07, 6.45) is 2.89. The van der Waals surface area contributed by atoms with Gasteiger partial charge in [0, 0.05) is 24.1 Å². The number of hydrogen-bond acceptors (Lipinski definition) is 4. The zero-order valence-electron chi connectivity index (χ0n) is 10.2. The number of nitrogens with two attached hydrogens (primary N) is 1. The average Bonchev–Trinajstić information content (AvgIpc) is 2.94. The van der Waals surface area contributed by atoms with Crippen LogP contribution in [0.4, 0.5) is 0 Å². The molecule has 1 aromatic heterocycles. The number of hydrogen-bond donors (Lipinski definition) is 2. The zero-order valence-corrected chi connectivity index (χ0v) is 10.2. The number of fused-ring (bicyclic) bond motifs is 1. The molecule has 1 fully saturated rings. The lowest BCUT2D eigenvalue weighted by atomic mass is 9.91. The Hall–Kier alpha value is -1.49. The van der Waals surface area contributed by atoms with E-state index in [1.807, 2.05) is 30.5 Å². The fourth-order valence-corrected chi connectivity index (χ4v) is 2.68. The molecule has 0 bridgehead atoms. The van der Waals surface area contributed by atoms with Crippen LogP contribution in [0, 0.1) is 5.92 Å². The molecule has 1 aromatic carbocycles. The number of rotatable bonds is 3. The average molecular weight is 243 g/mol. The second-order valence-electron chi connectivity index (χ2n) is 4.69. The third kappa shape index (κ3) is 1.99. The van der Waals surface area contributed by atoms with E-state index in [4.69, 9.17) is 10.6 Å². The molecular formula is C14H17N3O. The summed E-state index contributed by atoms with van der Waals surface area (Å²) in [5, 5.41) is 1.16. The van der Waals surface area contributed by atoms with Gasteiger partial charge in [-0.05, 0) is 24.1 Å². The Morgan fingerprint density at radius 2 is 2.22 bits per heavy atom. The summed E-state index contributed by atoms with van der Waals surface area (Å²) in [5.41, 5.74) is 5.16. The molecule has 18 heavy (non-hydrogen) atoms. The van der Waals surface area contributed by atoms with Crippen molar-refractivity contribution in [2.75, 3.05) is 13.2 Å². The lowest BCUT2D eigenvalue weighted by Crippen LogP contribution is -2.34. The van der Waals surface area contributed by atoms with Gasteiger partial charge in [-0.25, -0.2) is 0 Å². The molecule has 2 unspecified atom stereocenters. The molecule has 4 heteroatoms. The highest BCUT2D eigenvalue weighted by Crippen LogP contribution is 2.31. The van der Waals surface area contributed by atoms with Crippen molar-refractivity contribution in [2.24, 2.45) is 11.8 Å². The van der Waals surface area contributed by atoms with E-state index in [2.05, 4.69) is 16.5 Å². The highest BCUT2D eigenvalue weighted by molar-refractivity contribution is 5.82. The Kier molecular flexibility index (Phi) is 3.23. The summed E-state index contributed by atoms with van der Waals surface area (Å²) < 4.78 is 5.46. The van der Waals surface area contributed by atoms with Crippen LogP contribution in [0.2, 0.25) is 0 Å². The van der Waals surface area contributed by atoms with Crippen LogP contribution in [0.25, 0.3) is 10.9 Å². The number of nitrogens with zero attached hydrogens (tertiary/aromatic N) is 1. The lowest BCUT2D eigenvalue weighted by Gasteiger charge is -2.23. The molecule has 0 radical (unpaired) electrons. The van der Waals surface area contributed by atoms with Crippen molar-refractivity contribution in [1.29, 1.82) is 0 Å². The Morgan fingerprint density at radius 1 is 1.33 bits per heavy atom. The third-order valence-corrected chi connectivity index (χ3v) is 3.63. The molecule has 1 aliphatic heterocycles. The monoisotopic (exact) mass is 243 g/mol. The maximum Gasteiger partial charge on any atom is 0.0705 e. The first kappa shape index (κ1) is 11.6. The van der Waals surface area contributed by atoms with Gasteiger partial charge in [0.1, 0.15) is 0 Å². The van der Waals surface area contributed by atoms with Crippen molar-refractivity contribution in [3.8, 4) is 0 Å². The molecule has 2 aromatic rings. The van der Waals surface area contributed by atoms with Gasteiger partial charge in [-0.3, -0.25) is 16.3 Å². The number of aromatic nitrogens is 1. The second-order valence-corrected chi connectivity index (χ2v) is 4.69. The van der Waals surface area contributed by atoms with Crippen LogP contribution in [0.5, 0.6) is 0 Å². The van der Waals surface area contributed by atoms with E-state index in [-0.39, 0.29) is 6.04 Å². The molecule has 3 rings (SSSR count). The fraction of sp³-hybridized carbons (Fsp3) is 0.357. The minimum Gasteiger partial charge on any atom is -0.381 e. The first-order valence-corrected chi connectivity index (χ1v) is 6.27. The molecule has 0 amide bonds. The van der Waals surface area contributed by atoms with Crippen molar-refractivity contribution >= 4 is 10.9 Å². The smallest absolute Gasteiger partial charge is 0.0705 e. The van der Waals surface area contributed by atoms with Crippen LogP contribution < -0.4 is 11.3 Å². The number of hydrazine groups is 1. The summed E-state index contributed by atoms with van der Waals surface area (Å²) in [5.74, 6) is 6.18. The number of nitrogens with one attached hydrogen (secondary N) is 1. The third-order valence-electron chi connectivity index (χ3n) is 3.63. The van der Waals surface area contributed by atoms with E-state index in [9.17, 15) is 0 Å². The molecule has 2 atom stereocenters. The Labute approximate surface area is 106 Å². The maximum absolute atomic E-state index is 5.75. The van der Waals surface area contributed by atoms with Gasteiger partial charge in [0.15, 0.2) is 0 Å². The number of benzene rings is 1. The van der Waals surface area contributed by atoms with Gasteiger partial charge in [-0.2, -0.15) is 0 Å². The van der Waals surface area contributed by atoms with Crippen LogP contribution in [-0.2, 0) is 4.74 Å². The van der Waals surface area contributed by atoms with E-state index in [1.54, 1.807) is 0 Å². The molecule has 0 spiro atoms. The van der Waals surface area contributed by atoms with Gasteiger partial charge in [-0.15, -0.1) is 0 Å². The molecule has 0 saturated carbocycles. The summed E-state index contributed by atoms with van der Waals surface area (Å²) in [7, 11) is 0. The van der Waals surface area contributed by atoms with Crippen LogP contribution in [-0.4, -0.2) is 18.2 Å². The SMILES string of the molecule is NNC(c1ccnc2ccccc12)C1CCOC1. The quantitative estimate of drug-likeness (QED) is 0.637. The molecule has 1 saturated heterocycles. The second kappa shape index (κ2) is 5.02. The first-order valence-electron chi connectivity index (χ1n) is 6.27. The standard InChI is InChI=1S/C14H17N3O/c15-17-14(10-6-8-18-9-10)12-5-7-16-13-4-2-1-3-11(12)13/h1-5,7,10,14,17H,6,8-9,15H2. The van der Waals surface area contributed by atoms with Gasteiger partial charge in [0.05, 0.1) is 18.2 Å². The topological polar surface area (TPSA) is 60.2 Å². The number of ether oxygens (including phenoxy) is 1. The molecule has 0 aliphatic carbocycles. The van der Waals surface area contributed by atoms with Crippen molar-refractivity contribution in [3.05, 3.63) is 42.1 Å². The maximum atomic E-state index is 5.75. The Morgan fingerprint density at radius 3 is 3.00 bits per heavy atom. The predicted octanol–water partition coefficient (Wildman–Crippen LogP) is 1.78. The van der Waals surface area contributed by atoms with Crippen LogP contribution in [0.1, 0.15) is 18.0 Å². The Bertz CT molecular complexity index is 532. The fourth-order valence-electron chi connectivity index (χ4n) is 2.68. The van der Waals surface area contributed by atoms with Gasteiger partial charge in [0.2, 0.25) is 0 Å². The first-order chi connectivity index (χ1) is 8.90. The van der Waals surface area contributed by atoms with Crippen molar-refractivity contribution in [3.63, 3.8) is 0 Å². The van der Waals surface area contributed by atoms with Gasteiger partial charge in [0.25, 0.3) is 0 Å². The van der Waals surface area contributed by atoms with E-state index < -0.39 is 0 Å². The van der Waals surface area contributed by atoms with E-state index in [0.29, 0.717) is 5.92 Å². The van der Waals surface area contributed by atoms with Crippen LogP contribution in [0.15, 0.2) is 36.5 Å². The summed E-state index contributed by atoms with van der Waals surface area (Å²) >= 11 is 0. The normalized spacial score (nSPS) is 21.3. The highest BCUT2D eigenvalue weighted by Gasteiger charge is 2.27.